The Balaban J connectivity index is 1.08. The van der Waals surface area contributed by atoms with Gasteiger partial charge in [0.05, 0.1) is 17.6 Å². The third-order valence-corrected chi connectivity index (χ3v) is 11.1. The number of oxazole rings is 1. The van der Waals surface area contributed by atoms with Crippen molar-refractivity contribution in [1.29, 1.82) is 5.26 Å². The third-order valence-electron chi connectivity index (χ3n) is 11.1. The monoisotopic (exact) mass is 707 g/mol. The van der Waals surface area contributed by atoms with Crippen LogP contribution in [0.15, 0.2) is 77.5 Å². The molecule has 1 aliphatic heterocycles. The molecule has 3 aromatic carbocycles. The molecule has 2 aliphatic rings. The van der Waals surface area contributed by atoms with E-state index < -0.39 is 5.97 Å². The largest absolute Gasteiger partial charge is 0.481 e. The Labute approximate surface area is 307 Å². The molecule has 1 aliphatic carbocycles. The molecule has 4 heterocycles. The van der Waals surface area contributed by atoms with Crippen molar-refractivity contribution in [2.45, 2.75) is 58.2 Å². The van der Waals surface area contributed by atoms with Crippen molar-refractivity contribution in [3.05, 3.63) is 95.3 Å². The van der Waals surface area contributed by atoms with Gasteiger partial charge < -0.3 is 24.8 Å². The number of aliphatic hydroxyl groups excluding tert-OH is 1. The van der Waals surface area contributed by atoms with Gasteiger partial charge in [0, 0.05) is 67.4 Å². The average molecular weight is 708 g/mol. The highest BCUT2D eigenvalue weighted by Gasteiger charge is 2.32. The summed E-state index contributed by atoms with van der Waals surface area (Å²) in [6.07, 6.45) is 6.24. The first-order chi connectivity index (χ1) is 25.7. The van der Waals surface area contributed by atoms with E-state index in [4.69, 9.17) is 14.4 Å². The number of nitrogens with zero attached hydrogens (tertiary/aromatic N) is 6. The number of nitrogens with one attached hydrogen (secondary N) is 1. The van der Waals surface area contributed by atoms with Crippen molar-refractivity contribution in [1.82, 2.24) is 19.9 Å². The van der Waals surface area contributed by atoms with Gasteiger partial charge in [-0.05, 0) is 104 Å². The smallest absolute Gasteiger partial charge is 0.306 e. The lowest BCUT2D eigenvalue weighted by atomic mass is 9.93. The Hall–Kier alpha value is -5.83. The fraction of sp³-hybridized carbons (Fsp3) is 0.310. The molecule has 3 aromatic heterocycles. The Morgan fingerprint density at radius 3 is 2.58 bits per heavy atom. The van der Waals surface area contributed by atoms with Gasteiger partial charge in [0.1, 0.15) is 17.1 Å². The molecule has 8 rings (SSSR count). The number of nitriles is 1. The van der Waals surface area contributed by atoms with E-state index >= 15 is 0 Å². The SMILES string of the molecule is Cc1c(Nc2nccc3cc(CN4CCC(O)C4)cnc23)cccc1-c1cccc(-c2nc3cc(N(C)[C@H]4CC[C@@H](C(=O)O)C4)cc(C#N)c3o2)c1C. The second kappa shape index (κ2) is 14.0. The van der Waals surface area contributed by atoms with Gasteiger partial charge in [-0.1, -0.05) is 24.3 Å². The van der Waals surface area contributed by atoms with E-state index in [0.717, 1.165) is 81.6 Å². The number of rotatable bonds is 9. The number of aliphatic hydroxyl groups is 1. The Bertz CT molecular complexity index is 2420. The van der Waals surface area contributed by atoms with Gasteiger partial charge in [-0.15, -0.1) is 0 Å². The van der Waals surface area contributed by atoms with Crippen LogP contribution in [0, 0.1) is 31.1 Å². The van der Waals surface area contributed by atoms with E-state index in [2.05, 4.69) is 58.2 Å². The van der Waals surface area contributed by atoms with Crippen LogP contribution < -0.4 is 10.2 Å². The molecule has 0 amide bonds. The molecular formula is C42H41N7O4. The van der Waals surface area contributed by atoms with E-state index in [1.54, 1.807) is 12.3 Å². The number of carboxylic acid groups (broad SMARTS) is 1. The highest BCUT2D eigenvalue weighted by Crippen LogP contribution is 2.39. The normalized spacial score (nSPS) is 18.8. The molecule has 0 radical (unpaired) electrons. The van der Waals surface area contributed by atoms with Crippen molar-refractivity contribution >= 4 is 45.2 Å². The van der Waals surface area contributed by atoms with Crippen LogP contribution in [-0.2, 0) is 11.3 Å². The number of anilines is 3. The van der Waals surface area contributed by atoms with Gasteiger partial charge in [-0.2, -0.15) is 5.26 Å². The summed E-state index contributed by atoms with van der Waals surface area (Å²) in [6, 6.07) is 22.4. The number of pyridine rings is 2. The maximum atomic E-state index is 11.6. The van der Waals surface area contributed by atoms with E-state index in [1.807, 2.05) is 49.6 Å². The number of aromatic nitrogens is 3. The van der Waals surface area contributed by atoms with Crippen LogP contribution in [0.2, 0.25) is 0 Å². The summed E-state index contributed by atoms with van der Waals surface area (Å²) in [7, 11) is 1.95. The lowest BCUT2D eigenvalue weighted by molar-refractivity contribution is -0.141. The van der Waals surface area contributed by atoms with Crippen LogP contribution in [0.4, 0.5) is 17.2 Å². The number of carbonyl (C=O) groups is 1. The maximum Gasteiger partial charge on any atom is 0.306 e. The highest BCUT2D eigenvalue weighted by atomic mass is 16.4. The molecule has 0 bridgehead atoms. The zero-order valence-corrected chi connectivity index (χ0v) is 30.0. The predicted molar refractivity (Wildman–Crippen MR) is 205 cm³/mol. The van der Waals surface area contributed by atoms with Crippen molar-refractivity contribution in [3.63, 3.8) is 0 Å². The number of aliphatic carboxylic acids is 1. The molecule has 1 saturated carbocycles. The first-order valence-electron chi connectivity index (χ1n) is 18.1. The Morgan fingerprint density at radius 2 is 1.83 bits per heavy atom. The van der Waals surface area contributed by atoms with Crippen LogP contribution >= 0.6 is 0 Å². The summed E-state index contributed by atoms with van der Waals surface area (Å²) >= 11 is 0. The van der Waals surface area contributed by atoms with Gasteiger partial charge in [0.15, 0.2) is 11.4 Å². The minimum Gasteiger partial charge on any atom is -0.481 e. The molecular weight excluding hydrogens is 667 g/mol. The number of carboxylic acids is 1. The van der Waals surface area contributed by atoms with Gasteiger partial charge >= 0.3 is 5.97 Å². The number of likely N-dealkylation sites (tertiary alicyclic amines) is 1. The topological polar surface area (TPSA) is 152 Å². The lowest BCUT2D eigenvalue weighted by Gasteiger charge is -2.26. The molecule has 6 aromatic rings. The molecule has 1 saturated heterocycles. The fourth-order valence-corrected chi connectivity index (χ4v) is 8.01. The Morgan fingerprint density at radius 1 is 1.04 bits per heavy atom. The van der Waals surface area contributed by atoms with Crippen molar-refractivity contribution in [2.75, 3.05) is 30.4 Å². The minimum atomic E-state index is -0.754. The van der Waals surface area contributed by atoms with Crippen LogP contribution in [0.25, 0.3) is 44.6 Å². The number of hydrogen-bond acceptors (Lipinski definition) is 10. The molecule has 53 heavy (non-hydrogen) atoms. The number of β-amino-alcohol motifs (C(OH)–C–C–N with tert-alkyl or cyclic N) is 1. The predicted octanol–water partition coefficient (Wildman–Crippen LogP) is 7.59. The molecule has 11 heteroatoms. The summed E-state index contributed by atoms with van der Waals surface area (Å²) in [5, 5.41) is 34.1. The van der Waals surface area contributed by atoms with Crippen LogP contribution in [0.3, 0.4) is 0 Å². The third kappa shape index (κ3) is 6.56. The maximum absolute atomic E-state index is 11.6. The van der Waals surface area contributed by atoms with Gasteiger partial charge in [-0.25, -0.2) is 9.97 Å². The minimum absolute atomic E-state index is 0.0700. The van der Waals surface area contributed by atoms with Crippen molar-refractivity contribution in [3.8, 4) is 28.7 Å². The van der Waals surface area contributed by atoms with Gasteiger partial charge in [-0.3, -0.25) is 14.7 Å². The van der Waals surface area contributed by atoms with E-state index in [0.29, 0.717) is 47.8 Å². The van der Waals surface area contributed by atoms with E-state index in [1.165, 1.54) is 0 Å². The second-order valence-corrected chi connectivity index (χ2v) is 14.4. The summed E-state index contributed by atoms with van der Waals surface area (Å²) in [5.74, 6) is 0.00487. The molecule has 1 unspecified atom stereocenters. The van der Waals surface area contributed by atoms with Crippen LogP contribution in [0.5, 0.6) is 0 Å². The number of hydrogen-bond donors (Lipinski definition) is 3. The van der Waals surface area contributed by atoms with Gasteiger partial charge in [0.25, 0.3) is 0 Å². The zero-order valence-electron chi connectivity index (χ0n) is 30.0. The summed E-state index contributed by atoms with van der Waals surface area (Å²) in [6.45, 7) is 6.47. The Kier molecular flexibility index (Phi) is 9.02. The summed E-state index contributed by atoms with van der Waals surface area (Å²) in [5.41, 5.74) is 9.96. The van der Waals surface area contributed by atoms with Gasteiger partial charge in [0.2, 0.25) is 5.89 Å². The highest BCUT2D eigenvalue weighted by molar-refractivity contribution is 5.91. The first-order valence-corrected chi connectivity index (χ1v) is 18.1. The molecule has 11 nitrogen and oxygen atoms in total. The van der Waals surface area contributed by atoms with E-state index in [9.17, 15) is 20.3 Å². The second-order valence-electron chi connectivity index (χ2n) is 14.4. The quantitative estimate of drug-likeness (QED) is 0.136. The molecule has 2 fully saturated rings. The molecule has 3 atom stereocenters. The fourth-order valence-electron chi connectivity index (χ4n) is 8.01. The standard InChI is InChI=1S/C42H41N7O4/c1-24-33(6-4-8-35(24)41-47-37-19-31(18-29(20-43)39(37)53-41)48(3)30-11-10-28(17-30)42(51)52)34-7-5-9-36(25(34)2)46-40-38-27(12-14-44-40)16-26(21-45-38)22-49-15-13-32(50)23-49/h4-9,12,14,16,18-19,21,28,30,32,50H,10-11,13,15,17,22-23H2,1-3H3,(H,44,46)(H,51,52)/t28-,30+,32?/m1/s1. The zero-order chi connectivity index (χ0) is 36.8. The molecule has 3 N–H and O–H groups in total. The summed E-state index contributed by atoms with van der Waals surface area (Å²) < 4.78 is 6.31. The molecule has 268 valence electrons. The van der Waals surface area contributed by atoms with Crippen LogP contribution in [-0.4, -0.2) is 68.3 Å². The van der Waals surface area contributed by atoms with Crippen molar-refractivity contribution < 1.29 is 19.4 Å². The number of benzene rings is 3. The lowest BCUT2D eigenvalue weighted by Crippen LogP contribution is -2.29. The number of fused-ring (bicyclic) bond motifs is 2. The average Bonchev–Trinajstić information content (AvgIpc) is 3.92. The first kappa shape index (κ1) is 34.3. The van der Waals surface area contributed by atoms with E-state index in [-0.39, 0.29) is 18.1 Å². The molecule has 0 spiro atoms. The summed E-state index contributed by atoms with van der Waals surface area (Å²) in [4.78, 5) is 30.2. The van der Waals surface area contributed by atoms with Crippen molar-refractivity contribution in [2.24, 2.45) is 5.92 Å². The van der Waals surface area contributed by atoms with Crippen LogP contribution in [0.1, 0.15) is 47.9 Å².